The predicted molar refractivity (Wildman–Crippen MR) is 77.1 cm³/mol. The van der Waals surface area contributed by atoms with Crippen LogP contribution in [0.2, 0.25) is 0 Å². The average Bonchev–Trinajstić information content (AvgIpc) is 2.26. The molecule has 1 aromatic rings. The van der Waals surface area contributed by atoms with Crippen LogP contribution in [0.4, 0.5) is 0 Å². The second kappa shape index (κ2) is 5.80. The summed E-state index contributed by atoms with van der Waals surface area (Å²) in [6.07, 6.45) is 0.668. The van der Waals surface area contributed by atoms with E-state index in [4.69, 9.17) is 5.14 Å². The van der Waals surface area contributed by atoms with Gasteiger partial charge in [0.1, 0.15) is 0 Å². The second-order valence-corrected chi connectivity index (χ2v) is 9.06. The van der Waals surface area contributed by atoms with Crippen LogP contribution in [0.25, 0.3) is 0 Å². The fourth-order valence-corrected chi connectivity index (χ4v) is 3.17. The van der Waals surface area contributed by atoms with Crippen LogP contribution < -0.4 is 9.86 Å². The van der Waals surface area contributed by atoms with Gasteiger partial charge in [0.25, 0.3) is 0 Å². The van der Waals surface area contributed by atoms with Gasteiger partial charge in [0.05, 0.1) is 9.79 Å². The summed E-state index contributed by atoms with van der Waals surface area (Å²) in [7, 11) is -7.66. The lowest BCUT2D eigenvalue weighted by Crippen LogP contribution is -2.27. The Bertz CT molecular complexity index is 674. The Hall–Kier alpha value is -0.960. The molecule has 0 bridgehead atoms. The molecule has 0 atom stereocenters. The first-order valence-corrected chi connectivity index (χ1v) is 9.07. The van der Waals surface area contributed by atoms with Crippen LogP contribution in [-0.4, -0.2) is 23.4 Å². The molecule has 3 N–H and O–H groups in total. The van der Waals surface area contributed by atoms with Gasteiger partial charge in [0, 0.05) is 6.54 Å². The van der Waals surface area contributed by atoms with Crippen molar-refractivity contribution in [3.05, 3.63) is 24.3 Å². The molecule has 0 fully saturated rings. The molecule has 20 heavy (non-hydrogen) atoms. The molecule has 1 aromatic carbocycles. The van der Waals surface area contributed by atoms with E-state index in [0.29, 0.717) is 6.42 Å². The molecule has 0 saturated carbocycles. The molecular weight excluding hydrogens is 300 g/mol. The Morgan fingerprint density at radius 3 is 2.15 bits per heavy atom. The maximum Gasteiger partial charge on any atom is 0.240 e. The molecule has 0 aliphatic rings. The highest BCUT2D eigenvalue weighted by Gasteiger charge is 2.18. The number of nitrogens with two attached hydrogens (primary N) is 1. The van der Waals surface area contributed by atoms with Gasteiger partial charge in [-0.2, -0.15) is 0 Å². The van der Waals surface area contributed by atoms with Crippen LogP contribution in [-0.2, 0) is 20.0 Å². The average molecular weight is 320 g/mol. The summed E-state index contributed by atoms with van der Waals surface area (Å²) in [5.74, 6) is 0. The van der Waals surface area contributed by atoms with Gasteiger partial charge in [-0.15, -0.1) is 0 Å². The van der Waals surface area contributed by atoms with Gasteiger partial charge in [0.15, 0.2) is 0 Å². The topological polar surface area (TPSA) is 106 Å². The summed E-state index contributed by atoms with van der Waals surface area (Å²) in [4.78, 5) is -0.339. The standard InChI is InChI=1S/C12H20N2O4S2/c1-12(2,3)7-8-14-20(17,18)11-6-4-5-10(9-11)19(13,15)16/h4-6,9,14H,7-8H2,1-3H3,(H2,13,15,16). The van der Waals surface area contributed by atoms with Crippen LogP contribution in [0, 0.1) is 5.41 Å². The Labute approximate surface area is 120 Å². The minimum atomic E-state index is -3.92. The van der Waals surface area contributed by atoms with Crippen LogP contribution >= 0.6 is 0 Å². The van der Waals surface area contributed by atoms with E-state index in [2.05, 4.69) is 4.72 Å². The Morgan fingerprint density at radius 1 is 1.10 bits per heavy atom. The first kappa shape index (κ1) is 17.1. The summed E-state index contributed by atoms with van der Waals surface area (Å²) in [5.41, 5.74) is 0.00493. The molecule has 0 unspecified atom stereocenters. The molecule has 0 aromatic heterocycles. The molecule has 0 radical (unpaired) electrons. The molecule has 0 aliphatic heterocycles. The minimum Gasteiger partial charge on any atom is -0.225 e. The van der Waals surface area contributed by atoms with Crippen molar-refractivity contribution < 1.29 is 16.8 Å². The third-order valence-corrected chi connectivity index (χ3v) is 4.98. The maximum atomic E-state index is 12.1. The number of hydrogen-bond acceptors (Lipinski definition) is 4. The lowest BCUT2D eigenvalue weighted by Gasteiger charge is -2.18. The lowest BCUT2D eigenvalue weighted by molar-refractivity contribution is 0.378. The zero-order chi connectivity index (χ0) is 15.6. The normalized spacial score (nSPS) is 13.4. The van der Waals surface area contributed by atoms with Gasteiger partial charge >= 0.3 is 0 Å². The molecule has 1 rings (SSSR count). The van der Waals surface area contributed by atoms with Gasteiger partial charge in [-0.25, -0.2) is 26.7 Å². The van der Waals surface area contributed by atoms with E-state index < -0.39 is 20.0 Å². The fraction of sp³-hybridized carbons (Fsp3) is 0.500. The molecule has 0 aliphatic carbocycles. The van der Waals surface area contributed by atoms with E-state index in [1.165, 1.54) is 18.2 Å². The molecule has 6 nitrogen and oxygen atoms in total. The molecule has 0 amide bonds. The van der Waals surface area contributed by atoms with Crippen molar-refractivity contribution in [2.75, 3.05) is 6.54 Å². The van der Waals surface area contributed by atoms with Gasteiger partial charge in [-0.3, -0.25) is 0 Å². The van der Waals surface area contributed by atoms with E-state index in [-0.39, 0.29) is 21.8 Å². The van der Waals surface area contributed by atoms with Gasteiger partial charge in [0.2, 0.25) is 20.0 Å². The van der Waals surface area contributed by atoms with E-state index in [1.54, 1.807) is 0 Å². The van der Waals surface area contributed by atoms with Crippen molar-refractivity contribution >= 4 is 20.0 Å². The Balaban J connectivity index is 2.94. The number of sulfonamides is 2. The number of primary sulfonamides is 1. The largest absolute Gasteiger partial charge is 0.240 e. The molecule has 0 heterocycles. The molecule has 8 heteroatoms. The zero-order valence-corrected chi connectivity index (χ0v) is 13.4. The van der Waals surface area contributed by atoms with Crippen LogP contribution in [0.1, 0.15) is 27.2 Å². The first-order valence-electron chi connectivity index (χ1n) is 6.04. The summed E-state index contributed by atoms with van der Waals surface area (Å²) in [5, 5.41) is 4.98. The third-order valence-electron chi connectivity index (χ3n) is 2.61. The zero-order valence-electron chi connectivity index (χ0n) is 11.8. The highest BCUT2D eigenvalue weighted by atomic mass is 32.2. The highest BCUT2D eigenvalue weighted by molar-refractivity contribution is 7.90. The highest BCUT2D eigenvalue weighted by Crippen LogP contribution is 2.18. The van der Waals surface area contributed by atoms with Crippen molar-refractivity contribution in [2.45, 2.75) is 37.0 Å². The Morgan fingerprint density at radius 2 is 1.65 bits per heavy atom. The summed E-state index contributed by atoms with van der Waals surface area (Å²) < 4.78 is 49.0. The second-order valence-electron chi connectivity index (χ2n) is 5.73. The van der Waals surface area contributed by atoms with Crippen LogP contribution in [0.15, 0.2) is 34.1 Å². The third kappa shape index (κ3) is 5.20. The molecule has 114 valence electrons. The lowest BCUT2D eigenvalue weighted by atomic mass is 9.93. The van der Waals surface area contributed by atoms with Crippen molar-refractivity contribution in [1.82, 2.24) is 4.72 Å². The fourth-order valence-electron chi connectivity index (χ4n) is 1.46. The summed E-state index contributed by atoms with van der Waals surface area (Å²) in [6, 6.07) is 4.98. The smallest absolute Gasteiger partial charge is 0.225 e. The van der Waals surface area contributed by atoms with Crippen molar-refractivity contribution in [1.29, 1.82) is 0 Å². The van der Waals surface area contributed by atoms with Gasteiger partial charge in [-0.05, 0) is 30.0 Å². The SMILES string of the molecule is CC(C)(C)CCNS(=O)(=O)c1cccc(S(N)(=O)=O)c1. The maximum absolute atomic E-state index is 12.1. The Kier molecular flexibility index (Phi) is 4.96. The molecule has 0 saturated heterocycles. The predicted octanol–water partition coefficient (Wildman–Crippen LogP) is 1.05. The van der Waals surface area contributed by atoms with Crippen LogP contribution in [0.5, 0.6) is 0 Å². The van der Waals surface area contributed by atoms with Crippen molar-refractivity contribution in [2.24, 2.45) is 10.6 Å². The monoisotopic (exact) mass is 320 g/mol. The number of benzene rings is 1. The molecular formula is C12H20N2O4S2. The van der Waals surface area contributed by atoms with Gasteiger partial charge < -0.3 is 0 Å². The number of rotatable bonds is 5. The van der Waals surface area contributed by atoms with Gasteiger partial charge in [-0.1, -0.05) is 26.8 Å². The molecule has 0 spiro atoms. The van der Waals surface area contributed by atoms with E-state index in [9.17, 15) is 16.8 Å². The van der Waals surface area contributed by atoms with Crippen LogP contribution in [0.3, 0.4) is 0 Å². The van der Waals surface area contributed by atoms with Crippen molar-refractivity contribution in [3.63, 3.8) is 0 Å². The summed E-state index contributed by atoms with van der Waals surface area (Å²) >= 11 is 0. The van der Waals surface area contributed by atoms with E-state index >= 15 is 0 Å². The van der Waals surface area contributed by atoms with E-state index in [1.807, 2.05) is 20.8 Å². The first-order chi connectivity index (χ1) is 8.92. The minimum absolute atomic E-state index is 0.00493. The van der Waals surface area contributed by atoms with E-state index in [0.717, 1.165) is 6.07 Å². The number of hydrogen-bond donors (Lipinski definition) is 2. The number of nitrogens with one attached hydrogen (secondary N) is 1. The summed E-state index contributed by atoms with van der Waals surface area (Å²) in [6.45, 7) is 6.29. The quantitative estimate of drug-likeness (QED) is 0.845. The van der Waals surface area contributed by atoms with Crippen molar-refractivity contribution in [3.8, 4) is 0 Å².